The summed E-state index contributed by atoms with van der Waals surface area (Å²) in [7, 11) is 0. The molecule has 0 heterocycles. The molecule has 4 rings (SSSR count). The molecule has 0 aliphatic heterocycles. The van der Waals surface area contributed by atoms with Gasteiger partial charge < -0.3 is 10.6 Å². The minimum Gasteiger partial charge on any atom is -0.323 e. The molecule has 4 aromatic carbocycles. The molecule has 0 fully saturated rings. The molecule has 0 aliphatic rings. The van der Waals surface area contributed by atoms with Crippen molar-refractivity contribution in [2.75, 3.05) is 10.6 Å². The van der Waals surface area contributed by atoms with E-state index < -0.39 is 11.1 Å². The molecule has 0 aliphatic carbocycles. The number of halogens is 1. The van der Waals surface area contributed by atoms with Gasteiger partial charge in [-0.15, -0.1) is 11.8 Å². The van der Waals surface area contributed by atoms with E-state index in [1.54, 1.807) is 30.3 Å². The molecule has 35 heavy (non-hydrogen) atoms. The lowest BCUT2D eigenvalue weighted by Gasteiger charge is -2.17. The second-order valence-corrected chi connectivity index (χ2v) is 8.81. The molecule has 6 heteroatoms. The first-order valence-corrected chi connectivity index (χ1v) is 11.9. The first-order chi connectivity index (χ1) is 17.1. The zero-order valence-electron chi connectivity index (χ0n) is 18.7. The first kappa shape index (κ1) is 24.0. The van der Waals surface area contributed by atoms with Gasteiger partial charge in [0.1, 0.15) is 11.1 Å². The van der Waals surface area contributed by atoms with Gasteiger partial charge in [0, 0.05) is 16.7 Å². The van der Waals surface area contributed by atoms with Gasteiger partial charge in [0.25, 0.3) is 0 Å². The van der Waals surface area contributed by atoms with E-state index in [0.29, 0.717) is 5.69 Å². The number of hydrogen-bond donors (Lipinski definition) is 2. The van der Waals surface area contributed by atoms with Crippen LogP contribution < -0.4 is 10.6 Å². The number of para-hydroxylation sites is 1. The van der Waals surface area contributed by atoms with Gasteiger partial charge in [-0.1, -0.05) is 72.8 Å². The average Bonchev–Trinajstić information content (AvgIpc) is 2.89. The number of anilines is 2. The number of hydrogen-bond acceptors (Lipinski definition) is 3. The lowest BCUT2D eigenvalue weighted by Crippen LogP contribution is -2.19. The van der Waals surface area contributed by atoms with Gasteiger partial charge in [0.15, 0.2) is 0 Å². The summed E-state index contributed by atoms with van der Waals surface area (Å²) in [5.41, 5.74) is 2.52. The van der Waals surface area contributed by atoms with Crippen molar-refractivity contribution in [3.8, 4) is 0 Å². The highest BCUT2D eigenvalue weighted by molar-refractivity contribution is 8.00. The Morgan fingerprint density at radius 2 is 1.37 bits per heavy atom. The van der Waals surface area contributed by atoms with Crippen LogP contribution in [0.25, 0.3) is 6.08 Å². The highest BCUT2D eigenvalue weighted by Crippen LogP contribution is 2.37. The number of carbonyl (C=O) groups excluding carboxylic acids is 2. The summed E-state index contributed by atoms with van der Waals surface area (Å²) in [5, 5.41) is 4.93. The van der Waals surface area contributed by atoms with Crippen LogP contribution in [0.1, 0.15) is 16.4 Å². The summed E-state index contributed by atoms with van der Waals surface area (Å²) in [4.78, 5) is 26.2. The lowest BCUT2D eigenvalue weighted by atomic mass is 10.1. The Bertz CT molecular complexity index is 1310. The average molecular weight is 483 g/mol. The topological polar surface area (TPSA) is 58.2 Å². The zero-order chi connectivity index (χ0) is 24.5. The lowest BCUT2D eigenvalue weighted by molar-refractivity contribution is -0.116. The largest absolute Gasteiger partial charge is 0.323 e. The van der Waals surface area contributed by atoms with Gasteiger partial charge in [-0.05, 0) is 53.6 Å². The molecule has 2 N–H and O–H groups in total. The van der Waals surface area contributed by atoms with Crippen molar-refractivity contribution < 1.29 is 14.0 Å². The fourth-order valence-corrected chi connectivity index (χ4v) is 4.36. The molecule has 0 radical (unpaired) electrons. The van der Waals surface area contributed by atoms with Crippen molar-refractivity contribution in [2.45, 2.75) is 10.1 Å². The smallest absolute Gasteiger partial charge is 0.248 e. The number of thioether (sulfide) groups is 1. The summed E-state index contributed by atoms with van der Waals surface area (Å²) in [6, 6.07) is 32.3. The number of benzene rings is 4. The molecule has 174 valence electrons. The SMILES string of the molecule is O=C(/C=C/c1ccccc1)Nc1ccc(SC(C(=O)Nc2ccccc2F)c2ccccc2)cc1. The molecule has 1 unspecified atom stereocenters. The van der Waals surface area contributed by atoms with E-state index in [9.17, 15) is 14.0 Å². The van der Waals surface area contributed by atoms with Crippen LogP contribution in [0.3, 0.4) is 0 Å². The summed E-state index contributed by atoms with van der Waals surface area (Å²) >= 11 is 1.35. The minimum absolute atomic E-state index is 0.139. The van der Waals surface area contributed by atoms with E-state index >= 15 is 0 Å². The van der Waals surface area contributed by atoms with Crippen molar-refractivity contribution in [3.05, 3.63) is 132 Å². The van der Waals surface area contributed by atoms with E-state index in [1.807, 2.05) is 72.8 Å². The highest BCUT2D eigenvalue weighted by Gasteiger charge is 2.23. The van der Waals surface area contributed by atoms with Crippen molar-refractivity contribution in [3.63, 3.8) is 0 Å². The van der Waals surface area contributed by atoms with Gasteiger partial charge in [0.05, 0.1) is 5.69 Å². The third-order valence-corrected chi connectivity index (χ3v) is 6.34. The molecule has 4 nitrogen and oxygen atoms in total. The summed E-state index contributed by atoms with van der Waals surface area (Å²) in [5.74, 6) is -1.05. The quantitative estimate of drug-likeness (QED) is 0.211. The zero-order valence-corrected chi connectivity index (χ0v) is 19.5. The van der Waals surface area contributed by atoms with Crippen LogP contribution in [0.5, 0.6) is 0 Å². The van der Waals surface area contributed by atoms with Crippen LogP contribution >= 0.6 is 11.8 Å². The standard InChI is InChI=1S/C29H23FN2O2S/c30-25-13-7-8-14-26(25)32-29(34)28(22-11-5-2-6-12-22)35-24-18-16-23(17-19-24)31-27(33)20-15-21-9-3-1-4-10-21/h1-20,28H,(H,31,33)(H,32,34)/b20-15+. The Kier molecular flexibility index (Phi) is 8.09. The molecule has 2 amide bonds. The van der Waals surface area contributed by atoms with Gasteiger partial charge in [-0.25, -0.2) is 4.39 Å². The van der Waals surface area contributed by atoms with Crippen LogP contribution in [-0.4, -0.2) is 11.8 Å². The van der Waals surface area contributed by atoms with Crippen LogP contribution in [0.15, 0.2) is 120 Å². The van der Waals surface area contributed by atoms with E-state index in [4.69, 9.17) is 0 Å². The molecule has 0 saturated heterocycles. The molecule has 1 atom stereocenters. The Labute approximate surface area is 207 Å². The molecule has 0 spiro atoms. The van der Waals surface area contributed by atoms with Crippen LogP contribution in [0, 0.1) is 5.82 Å². The van der Waals surface area contributed by atoms with Gasteiger partial charge >= 0.3 is 0 Å². The summed E-state index contributed by atoms with van der Waals surface area (Å²) in [6.07, 6.45) is 3.23. The number of rotatable bonds is 8. The normalized spacial score (nSPS) is 11.7. The molecule has 4 aromatic rings. The monoisotopic (exact) mass is 482 g/mol. The van der Waals surface area contributed by atoms with Crippen LogP contribution in [0.4, 0.5) is 15.8 Å². The van der Waals surface area contributed by atoms with E-state index in [2.05, 4.69) is 10.6 Å². The van der Waals surface area contributed by atoms with Crippen LogP contribution in [0.2, 0.25) is 0 Å². The Morgan fingerprint density at radius 3 is 2.06 bits per heavy atom. The van der Waals surface area contributed by atoms with E-state index in [-0.39, 0.29) is 17.5 Å². The van der Waals surface area contributed by atoms with Crippen LogP contribution in [-0.2, 0) is 9.59 Å². The fourth-order valence-electron chi connectivity index (χ4n) is 3.33. The second kappa shape index (κ2) is 11.8. The molecule has 0 saturated carbocycles. The van der Waals surface area contributed by atoms with Gasteiger partial charge in [0.2, 0.25) is 11.8 Å². The molecular formula is C29H23FN2O2S. The molecule has 0 aromatic heterocycles. The van der Waals surface area contributed by atoms with Gasteiger partial charge in [-0.3, -0.25) is 9.59 Å². The Hall–Kier alpha value is -4.16. The maximum atomic E-state index is 14.1. The third kappa shape index (κ3) is 6.91. The Balaban J connectivity index is 1.44. The third-order valence-electron chi connectivity index (χ3n) is 5.07. The number of carbonyl (C=O) groups is 2. The van der Waals surface area contributed by atoms with E-state index in [1.165, 1.54) is 30.0 Å². The van der Waals surface area contributed by atoms with Crippen molar-refractivity contribution in [1.82, 2.24) is 0 Å². The van der Waals surface area contributed by atoms with Crippen molar-refractivity contribution in [2.24, 2.45) is 0 Å². The number of amides is 2. The predicted molar refractivity (Wildman–Crippen MR) is 141 cm³/mol. The maximum Gasteiger partial charge on any atom is 0.248 e. The summed E-state index contributed by atoms with van der Waals surface area (Å²) < 4.78 is 14.1. The predicted octanol–water partition coefficient (Wildman–Crippen LogP) is 6.95. The molecular weight excluding hydrogens is 459 g/mol. The second-order valence-electron chi connectivity index (χ2n) is 7.64. The number of nitrogens with one attached hydrogen (secondary N) is 2. The first-order valence-electron chi connectivity index (χ1n) is 11.0. The minimum atomic E-state index is -0.593. The van der Waals surface area contributed by atoms with Crippen molar-refractivity contribution >= 4 is 41.0 Å². The molecule has 0 bridgehead atoms. The maximum absolute atomic E-state index is 14.1. The van der Waals surface area contributed by atoms with Crippen molar-refractivity contribution in [1.29, 1.82) is 0 Å². The Morgan fingerprint density at radius 1 is 0.743 bits per heavy atom. The van der Waals surface area contributed by atoms with E-state index in [0.717, 1.165) is 16.0 Å². The fraction of sp³-hybridized carbons (Fsp3) is 0.0345. The summed E-state index contributed by atoms with van der Waals surface area (Å²) in [6.45, 7) is 0. The van der Waals surface area contributed by atoms with Gasteiger partial charge in [-0.2, -0.15) is 0 Å². The highest BCUT2D eigenvalue weighted by atomic mass is 32.2.